The quantitative estimate of drug-likeness (QED) is 0.909. The number of rotatable bonds is 3. The predicted molar refractivity (Wildman–Crippen MR) is 84.3 cm³/mol. The first-order valence-electron chi connectivity index (χ1n) is 6.21. The number of hydrogen-bond donors (Lipinski definition) is 2. The first kappa shape index (κ1) is 15.7. The first-order chi connectivity index (χ1) is 9.70. The van der Waals surface area contributed by atoms with E-state index in [4.69, 9.17) is 5.14 Å². The van der Waals surface area contributed by atoms with E-state index in [1.807, 2.05) is 32.0 Å². The highest BCUT2D eigenvalue weighted by Crippen LogP contribution is 2.27. The van der Waals surface area contributed by atoms with Gasteiger partial charge in [0, 0.05) is 5.69 Å². The van der Waals surface area contributed by atoms with E-state index in [1.54, 1.807) is 6.92 Å². The molecule has 1 aromatic carbocycles. The number of benzene rings is 1. The number of carbonyl (C=O) groups excluding carboxylic acids is 1. The van der Waals surface area contributed by atoms with E-state index >= 15 is 0 Å². The minimum atomic E-state index is -3.79. The minimum absolute atomic E-state index is 0.00823. The van der Waals surface area contributed by atoms with Crippen molar-refractivity contribution in [2.45, 2.75) is 25.0 Å². The van der Waals surface area contributed by atoms with Crippen LogP contribution in [0.25, 0.3) is 0 Å². The monoisotopic (exact) mass is 324 g/mol. The van der Waals surface area contributed by atoms with Crippen LogP contribution < -0.4 is 10.5 Å². The van der Waals surface area contributed by atoms with Crippen molar-refractivity contribution < 1.29 is 13.2 Å². The van der Waals surface area contributed by atoms with Gasteiger partial charge in [0.2, 0.25) is 10.0 Å². The normalized spacial score (nSPS) is 11.4. The van der Waals surface area contributed by atoms with Crippen molar-refractivity contribution in [3.8, 4) is 0 Å². The van der Waals surface area contributed by atoms with Crippen LogP contribution in [0.3, 0.4) is 0 Å². The maximum absolute atomic E-state index is 12.3. The summed E-state index contributed by atoms with van der Waals surface area (Å²) in [5.74, 6) is -0.332. The zero-order chi connectivity index (χ0) is 15.8. The van der Waals surface area contributed by atoms with Crippen LogP contribution in [-0.4, -0.2) is 14.3 Å². The maximum Gasteiger partial charge on any atom is 0.266 e. The zero-order valence-electron chi connectivity index (χ0n) is 11.9. The Balaban J connectivity index is 2.33. The van der Waals surface area contributed by atoms with Crippen molar-refractivity contribution in [3.63, 3.8) is 0 Å². The average Bonchev–Trinajstić information content (AvgIpc) is 2.77. The van der Waals surface area contributed by atoms with Crippen molar-refractivity contribution in [2.75, 3.05) is 5.32 Å². The Labute approximate surface area is 127 Å². The number of nitrogens with two attached hydrogens (primary N) is 1. The fourth-order valence-electron chi connectivity index (χ4n) is 1.88. The highest BCUT2D eigenvalue weighted by Gasteiger charge is 2.19. The molecule has 21 heavy (non-hydrogen) atoms. The number of aryl methyl sites for hydroxylation is 2. The zero-order valence-corrected chi connectivity index (χ0v) is 13.6. The number of anilines is 1. The molecule has 5 nitrogen and oxygen atoms in total. The van der Waals surface area contributed by atoms with Crippen LogP contribution in [-0.2, 0) is 10.0 Å². The molecule has 1 heterocycles. The summed E-state index contributed by atoms with van der Waals surface area (Å²) < 4.78 is 22.7. The number of amides is 1. The molecular formula is C14H16N2O3S2. The molecular weight excluding hydrogens is 308 g/mol. The molecule has 0 saturated carbocycles. The summed E-state index contributed by atoms with van der Waals surface area (Å²) in [4.78, 5) is 12.6. The van der Waals surface area contributed by atoms with E-state index in [0.29, 0.717) is 16.1 Å². The number of thiophene rings is 1. The lowest BCUT2D eigenvalue weighted by Gasteiger charge is -2.09. The van der Waals surface area contributed by atoms with Crippen LogP contribution in [0.1, 0.15) is 26.4 Å². The third kappa shape index (κ3) is 3.31. The van der Waals surface area contributed by atoms with Crippen molar-refractivity contribution in [3.05, 3.63) is 45.8 Å². The molecule has 0 saturated heterocycles. The molecule has 0 spiro atoms. The van der Waals surface area contributed by atoms with Gasteiger partial charge in [0.05, 0.1) is 4.88 Å². The van der Waals surface area contributed by atoms with Crippen LogP contribution in [0.15, 0.2) is 28.5 Å². The van der Waals surface area contributed by atoms with Crippen LogP contribution in [0.5, 0.6) is 0 Å². The Morgan fingerprint density at radius 3 is 2.43 bits per heavy atom. The van der Waals surface area contributed by atoms with E-state index < -0.39 is 10.0 Å². The molecule has 0 aliphatic rings. The summed E-state index contributed by atoms with van der Waals surface area (Å²) >= 11 is 0.879. The van der Waals surface area contributed by atoms with Crippen LogP contribution >= 0.6 is 11.3 Å². The Hall–Kier alpha value is -1.70. The molecule has 3 N–H and O–H groups in total. The van der Waals surface area contributed by atoms with Gasteiger partial charge in [-0.15, -0.1) is 11.3 Å². The smallest absolute Gasteiger partial charge is 0.266 e. The molecule has 0 unspecified atom stereocenters. The van der Waals surface area contributed by atoms with Gasteiger partial charge in [0.1, 0.15) is 4.21 Å². The molecule has 0 atom stereocenters. The Bertz CT molecular complexity index is 808. The molecule has 0 fully saturated rings. The van der Waals surface area contributed by atoms with Gasteiger partial charge in [-0.05, 0) is 49.6 Å². The van der Waals surface area contributed by atoms with E-state index in [-0.39, 0.29) is 10.1 Å². The second-order valence-electron chi connectivity index (χ2n) is 4.82. The van der Waals surface area contributed by atoms with Crippen LogP contribution in [0.2, 0.25) is 0 Å². The molecule has 112 valence electrons. The van der Waals surface area contributed by atoms with E-state index in [1.165, 1.54) is 6.07 Å². The predicted octanol–water partition coefficient (Wildman–Crippen LogP) is 2.57. The van der Waals surface area contributed by atoms with Crippen LogP contribution in [0.4, 0.5) is 5.69 Å². The lowest BCUT2D eigenvalue weighted by molar-refractivity contribution is 0.103. The van der Waals surface area contributed by atoms with Crippen molar-refractivity contribution >= 4 is 33.0 Å². The topological polar surface area (TPSA) is 89.3 Å². The Kier molecular flexibility index (Phi) is 4.18. The van der Waals surface area contributed by atoms with Crippen molar-refractivity contribution in [1.29, 1.82) is 0 Å². The average molecular weight is 324 g/mol. The van der Waals surface area contributed by atoms with Gasteiger partial charge in [0.25, 0.3) is 5.91 Å². The molecule has 0 aliphatic carbocycles. The van der Waals surface area contributed by atoms with Gasteiger partial charge >= 0.3 is 0 Å². The third-order valence-electron chi connectivity index (χ3n) is 3.23. The van der Waals surface area contributed by atoms with E-state index in [0.717, 1.165) is 22.5 Å². The summed E-state index contributed by atoms with van der Waals surface area (Å²) in [5.41, 5.74) is 3.35. The van der Waals surface area contributed by atoms with E-state index in [2.05, 4.69) is 5.32 Å². The lowest BCUT2D eigenvalue weighted by Crippen LogP contribution is -2.12. The Morgan fingerprint density at radius 2 is 1.86 bits per heavy atom. The number of carbonyl (C=O) groups is 1. The maximum atomic E-state index is 12.3. The number of primary sulfonamides is 1. The number of nitrogens with one attached hydrogen (secondary N) is 1. The van der Waals surface area contributed by atoms with Gasteiger partial charge in [-0.3, -0.25) is 4.79 Å². The van der Waals surface area contributed by atoms with Gasteiger partial charge in [-0.1, -0.05) is 12.1 Å². The first-order valence-corrected chi connectivity index (χ1v) is 8.57. The van der Waals surface area contributed by atoms with Crippen LogP contribution in [0, 0.1) is 20.8 Å². The highest BCUT2D eigenvalue weighted by molar-refractivity contribution is 7.91. The molecule has 0 radical (unpaired) electrons. The second-order valence-corrected chi connectivity index (χ2v) is 7.66. The number of hydrogen-bond acceptors (Lipinski definition) is 4. The molecule has 7 heteroatoms. The van der Waals surface area contributed by atoms with Crippen molar-refractivity contribution in [1.82, 2.24) is 0 Å². The molecule has 1 aromatic heterocycles. The standard InChI is InChI=1S/C14H16N2O3S2/c1-8-5-4-6-11(10(8)3)16-14(17)13-9(2)7-12(20-13)21(15,18)19/h4-7H,1-3H3,(H,16,17)(H2,15,18,19). The summed E-state index contributed by atoms with van der Waals surface area (Å²) in [7, 11) is -3.79. The molecule has 1 amide bonds. The molecule has 0 aliphatic heterocycles. The summed E-state index contributed by atoms with van der Waals surface area (Å²) in [5, 5.41) is 7.90. The number of sulfonamides is 1. The lowest BCUT2D eigenvalue weighted by atomic mass is 10.1. The van der Waals surface area contributed by atoms with Gasteiger partial charge in [0.15, 0.2) is 0 Å². The minimum Gasteiger partial charge on any atom is -0.321 e. The Morgan fingerprint density at radius 1 is 1.19 bits per heavy atom. The van der Waals surface area contributed by atoms with Gasteiger partial charge < -0.3 is 5.32 Å². The second kappa shape index (κ2) is 5.59. The highest BCUT2D eigenvalue weighted by atomic mass is 32.2. The summed E-state index contributed by atoms with van der Waals surface area (Å²) in [6.07, 6.45) is 0. The largest absolute Gasteiger partial charge is 0.321 e. The fourth-order valence-corrected chi connectivity index (χ4v) is 3.74. The summed E-state index contributed by atoms with van der Waals surface area (Å²) in [6.45, 7) is 5.56. The van der Waals surface area contributed by atoms with Crippen molar-refractivity contribution in [2.24, 2.45) is 5.14 Å². The summed E-state index contributed by atoms with van der Waals surface area (Å²) in [6, 6.07) is 7.04. The third-order valence-corrected chi connectivity index (χ3v) is 5.89. The van der Waals surface area contributed by atoms with Gasteiger partial charge in [-0.25, -0.2) is 13.6 Å². The fraction of sp³-hybridized carbons (Fsp3) is 0.214. The SMILES string of the molecule is Cc1cc(S(N)(=O)=O)sc1C(=O)Nc1cccc(C)c1C. The van der Waals surface area contributed by atoms with Gasteiger partial charge in [-0.2, -0.15) is 0 Å². The molecule has 2 rings (SSSR count). The molecule has 0 bridgehead atoms. The molecule has 2 aromatic rings. The van der Waals surface area contributed by atoms with E-state index in [9.17, 15) is 13.2 Å².